The van der Waals surface area contributed by atoms with Crippen LogP contribution in [0.1, 0.15) is 16.8 Å². The summed E-state index contributed by atoms with van der Waals surface area (Å²) in [5.41, 5.74) is 4.35. The Bertz CT molecular complexity index is 819. The van der Waals surface area contributed by atoms with Crippen molar-refractivity contribution in [3.63, 3.8) is 0 Å². The zero-order chi connectivity index (χ0) is 16.6. The number of nitro groups is 1. The Morgan fingerprint density at radius 2 is 2.26 bits per heavy atom. The molecule has 0 unspecified atom stereocenters. The van der Waals surface area contributed by atoms with E-state index in [0.29, 0.717) is 5.56 Å². The minimum atomic E-state index is -0.371. The van der Waals surface area contributed by atoms with Crippen LogP contribution >= 0.6 is 0 Å². The van der Waals surface area contributed by atoms with Gasteiger partial charge in [-0.1, -0.05) is 12.1 Å². The van der Waals surface area contributed by atoms with Crippen LogP contribution < -0.4 is 0 Å². The van der Waals surface area contributed by atoms with Crippen molar-refractivity contribution in [2.45, 2.75) is 26.4 Å². The number of hydrogen-bond acceptors (Lipinski definition) is 5. The molecule has 0 radical (unpaired) electrons. The van der Waals surface area contributed by atoms with Gasteiger partial charge in [-0.3, -0.25) is 14.8 Å². The van der Waals surface area contributed by atoms with E-state index in [1.54, 1.807) is 17.7 Å². The van der Waals surface area contributed by atoms with Crippen LogP contribution in [-0.2, 0) is 19.5 Å². The average Bonchev–Trinajstić information content (AvgIpc) is 2.85. The predicted molar refractivity (Wildman–Crippen MR) is 84.7 cm³/mol. The molecule has 7 nitrogen and oxygen atoms in total. The SMILES string of the molecule is Cc1c(-c2nn(CC#N)c3c2CN(C)CC3)cccc1[N+](=O)[O-]. The van der Waals surface area contributed by atoms with Crippen LogP contribution in [0.2, 0.25) is 0 Å². The van der Waals surface area contributed by atoms with E-state index in [9.17, 15) is 10.1 Å². The van der Waals surface area contributed by atoms with Crippen molar-refractivity contribution < 1.29 is 4.92 Å². The standard InChI is InChI=1S/C16H17N5O2/c1-11-12(4-3-5-14(11)21(22)23)16-13-10-19(2)8-6-15(13)20(18-16)9-7-17/h3-5H,6,8-10H2,1-2H3. The molecule has 7 heteroatoms. The van der Waals surface area contributed by atoms with Gasteiger partial charge < -0.3 is 4.90 Å². The topological polar surface area (TPSA) is 88.0 Å². The number of hydrogen-bond donors (Lipinski definition) is 0. The average molecular weight is 311 g/mol. The van der Waals surface area contributed by atoms with Crippen LogP contribution in [0.25, 0.3) is 11.3 Å². The monoisotopic (exact) mass is 311 g/mol. The third-order valence-corrected chi connectivity index (χ3v) is 4.30. The molecular formula is C16H17N5O2. The number of benzene rings is 1. The molecule has 3 rings (SSSR count). The molecule has 1 aliphatic rings. The lowest BCUT2D eigenvalue weighted by Gasteiger charge is -2.23. The summed E-state index contributed by atoms with van der Waals surface area (Å²) in [7, 11) is 2.04. The molecule has 0 spiro atoms. The van der Waals surface area contributed by atoms with Gasteiger partial charge in [0.05, 0.1) is 16.7 Å². The largest absolute Gasteiger partial charge is 0.302 e. The fraction of sp³-hybridized carbons (Fsp3) is 0.375. The molecule has 0 saturated carbocycles. The Kier molecular flexibility index (Phi) is 3.84. The van der Waals surface area contributed by atoms with Gasteiger partial charge >= 0.3 is 0 Å². The lowest BCUT2D eigenvalue weighted by molar-refractivity contribution is -0.385. The van der Waals surface area contributed by atoms with Gasteiger partial charge in [0.15, 0.2) is 0 Å². The zero-order valence-electron chi connectivity index (χ0n) is 13.1. The van der Waals surface area contributed by atoms with Crippen LogP contribution in [0.3, 0.4) is 0 Å². The Balaban J connectivity index is 2.19. The molecule has 0 N–H and O–H groups in total. The number of likely N-dealkylation sites (N-methyl/N-ethyl adjacent to an activating group) is 1. The Morgan fingerprint density at radius 3 is 2.96 bits per heavy atom. The highest BCUT2D eigenvalue weighted by Gasteiger charge is 2.26. The van der Waals surface area contributed by atoms with E-state index in [2.05, 4.69) is 16.1 Å². The molecule has 0 atom stereocenters. The first-order valence-electron chi connectivity index (χ1n) is 7.41. The third kappa shape index (κ3) is 2.58. The van der Waals surface area contributed by atoms with Crippen LogP contribution in [0, 0.1) is 28.4 Å². The smallest absolute Gasteiger partial charge is 0.272 e. The summed E-state index contributed by atoms with van der Waals surface area (Å²) in [5.74, 6) is 0. The second kappa shape index (κ2) is 5.82. The van der Waals surface area contributed by atoms with Crippen LogP contribution in [-0.4, -0.2) is 33.2 Å². The molecule has 2 heterocycles. The van der Waals surface area contributed by atoms with Gasteiger partial charge in [-0.05, 0) is 14.0 Å². The maximum Gasteiger partial charge on any atom is 0.272 e. The Morgan fingerprint density at radius 1 is 1.48 bits per heavy atom. The number of nitro benzene ring substituents is 1. The molecule has 1 aromatic heterocycles. The number of fused-ring (bicyclic) bond motifs is 1. The highest BCUT2D eigenvalue weighted by molar-refractivity contribution is 5.71. The molecular weight excluding hydrogens is 294 g/mol. The van der Waals surface area contributed by atoms with E-state index in [1.165, 1.54) is 6.07 Å². The molecule has 0 saturated heterocycles. The van der Waals surface area contributed by atoms with Crippen molar-refractivity contribution >= 4 is 5.69 Å². The number of aromatic nitrogens is 2. The minimum Gasteiger partial charge on any atom is -0.302 e. The van der Waals surface area contributed by atoms with Gasteiger partial charge in [0.1, 0.15) is 6.54 Å². The Labute approximate surface area is 133 Å². The maximum atomic E-state index is 11.2. The highest BCUT2D eigenvalue weighted by Crippen LogP contribution is 2.34. The molecule has 1 aromatic carbocycles. The first kappa shape index (κ1) is 15.2. The van der Waals surface area contributed by atoms with Crippen LogP contribution in [0.15, 0.2) is 18.2 Å². The van der Waals surface area contributed by atoms with Gasteiger partial charge in [-0.2, -0.15) is 10.4 Å². The number of rotatable bonds is 3. The van der Waals surface area contributed by atoms with E-state index in [0.717, 1.165) is 42.0 Å². The summed E-state index contributed by atoms with van der Waals surface area (Å²) in [6, 6.07) is 7.18. The molecule has 2 aromatic rings. The van der Waals surface area contributed by atoms with Gasteiger partial charge in [-0.15, -0.1) is 0 Å². The molecule has 1 aliphatic heterocycles. The van der Waals surface area contributed by atoms with E-state index >= 15 is 0 Å². The van der Waals surface area contributed by atoms with Crippen molar-refractivity contribution in [2.24, 2.45) is 0 Å². The normalized spacial score (nSPS) is 14.3. The van der Waals surface area contributed by atoms with E-state index in [4.69, 9.17) is 5.26 Å². The Hall–Kier alpha value is -2.72. The molecule has 0 aliphatic carbocycles. The first-order chi connectivity index (χ1) is 11.0. The number of nitrogens with zero attached hydrogens (tertiary/aromatic N) is 5. The van der Waals surface area contributed by atoms with Crippen molar-refractivity contribution in [1.29, 1.82) is 5.26 Å². The summed E-state index contributed by atoms with van der Waals surface area (Å²) in [5, 5.41) is 24.8. The molecule has 0 bridgehead atoms. The summed E-state index contributed by atoms with van der Waals surface area (Å²) in [6.07, 6.45) is 0.828. The predicted octanol–water partition coefficient (Wildman–Crippen LogP) is 2.28. The quantitative estimate of drug-likeness (QED) is 0.641. The van der Waals surface area contributed by atoms with Crippen LogP contribution in [0.4, 0.5) is 5.69 Å². The van der Waals surface area contributed by atoms with Crippen LogP contribution in [0.5, 0.6) is 0 Å². The van der Waals surface area contributed by atoms with E-state index in [1.807, 2.05) is 13.1 Å². The van der Waals surface area contributed by atoms with Gasteiger partial charge in [0.25, 0.3) is 5.69 Å². The second-order valence-corrected chi connectivity index (χ2v) is 5.78. The second-order valence-electron chi connectivity index (χ2n) is 5.78. The minimum absolute atomic E-state index is 0.0928. The van der Waals surface area contributed by atoms with Crippen molar-refractivity contribution in [1.82, 2.24) is 14.7 Å². The van der Waals surface area contributed by atoms with Crippen molar-refractivity contribution in [2.75, 3.05) is 13.6 Å². The summed E-state index contributed by atoms with van der Waals surface area (Å²) >= 11 is 0. The van der Waals surface area contributed by atoms with E-state index < -0.39 is 0 Å². The lowest BCUT2D eigenvalue weighted by Crippen LogP contribution is -2.27. The van der Waals surface area contributed by atoms with Gasteiger partial charge in [-0.25, -0.2) is 0 Å². The van der Waals surface area contributed by atoms with E-state index in [-0.39, 0.29) is 17.2 Å². The van der Waals surface area contributed by atoms with Crippen molar-refractivity contribution in [3.8, 4) is 17.3 Å². The number of nitriles is 1. The highest BCUT2D eigenvalue weighted by atomic mass is 16.6. The lowest BCUT2D eigenvalue weighted by atomic mass is 9.97. The molecule has 0 amide bonds. The molecule has 0 fully saturated rings. The third-order valence-electron chi connectivity index (χ3n) is 4.30. The molecule has 23 heavy (non-hydrogen) atoms. The fourth-order valence-electron chi connectivity index (χ4n) is 3.12. The van der Waals surface area contributed by atoms with Crippen molar-refractivity contribution in [3.05, 3.63) is 45.1 Å². The van der Waals surface area contributed by atoms with Gasteiger partial charge in [0.2, 0.25) is 0 Å². The zero-order valence-corrected chi connectivity index (χ0v) is 13.1. The maximum absolute atomic E-state index is 11.2. The van der Waals surface area contributed by atoms with Gasteiger partial charge in [0, 0.05) is 48.0 Å². The summed E-state index contributed by atoms with van der Waals surface area (Å²) < 4.78 is 1.73. The fourth-order valence-corrected chi connectivity index (χ4v) is 3.12. The first-order valence-corrected chi connectivity index (χ1v) is 7.41. The summed E-state index contributed by atoms with van der Waals surface area (Å²) in [4.78, 5) is 13.0. The molecule has 118 valence electrons. The summed E-state index contributed by atoms with van der Waals surface area (Å²) in [6.45, 7) is 3.59.